The molecule has 2 aromatic heterocycles. The van der Waals surface area contributed by atoms with E-state index in [4.69, 9.17) is 5.73 Å². The SMILES string of the molecule is Cc1[nH]nc(NC(=O)c2[nH]ncc2N)c1C. The molecule has 0 atom stereocenters. The van der Waals surface area contributed by atoms with Gasteiger partial charge in [-0.25, -0.2) is 0 Å². The third kappa shape index (κ3) is 1.62. The van der Waals surface area contributed by atoms with Crippen LogP contribution >= 0.6 is 0 Å². The molecular formula is C9H12N6O. The number of nitrogen functional groups attached to an aromatic ring is 1. The average Bonchev–Trinajstić information content (AvgIpc) is 2.79. The Morgan fingerprint density at radius 2 is 2.19 bits per heavy atom. The summed E-state index contributed by atoms with van der Waals surface area (Å²) < 4.78 is 0. The van der Waals surface area contributed by atoms with Gasteiger partial charge >= 0.3 is 0 Å². The van der Waals surface area contributed by atoms with Crippen molar-refractivity contribution in [1.82, 2.24) is 20.4 Å². The van der Waals surface area contributed by atoms with Crippen molar-refractivity contribution in [2.75, 3.05) is 11.1 Å². The van der Waals surface area contributed by atoms with Crippen LogP contribution in [0.1, 0.15) is 21.7 Å². The molecule has 84 valence electrons. The predicted molar refractivity (Wildman–Crippen MR) is 59.0 cm³/mol. The van der Waals surface area contributed by atoms with Crippen LogP contribution in [0.2, 0.25) is 0 Å². The number of amides is 1. The summed E-state index contributed by atoms with van der Waals surface area (Å²) in [5.74, 6) is 0.140. The standard InChI is InChI=1S/C9H12N6O/c1-4-5(2)13-15-8(4)12-9(16)7-6(10)3-11-14-7/h3H,10H2,1-2H3,(H,11,14)(H2,12,13,15,16). The molecule has 0 aliphatic rings. The molecule has 7 nitrogen and oxygen atoms in total. The van der Waals surface area contributed by atoms with Gasteiger partial charge in [0.15, 0.2) is 5.82 Å². The number of rotatable bonds is 2. The maximum absolute atomic E-state index is 11.7. The Hall–Kier alpha value is -2.31. The number of aromatic nitrogens is 4. The molecule has 2 heterocycles. The molecule has 0 unspecified atom stereocenters. The number of hydrogen-bond acceptors (Lipinski definition) is 4. The highest BCUT2D eigenvalue weighted by Gasteiger charge is 2.14. The van der Waals surface area contributed by atoms with Crippen LogP contribution in [0.5, 0.6) is 0 Å². The lowest BCUT2D eigenvalue weighted by molar-refractivity contribution is 0.102. The number of nitrogens with zero attached hydrogens (tertiary/aromatic N) is 2. The van der Waals surface area contributed by atoms with Gasteiger partial charge in [0.2, 0.25) is 0 Å². The fourth-order valence-corrected chi connectivity index (χ4v) is 1.25. The highest BCUT2D eigenvalue weighted by molar-refractivity contribution is 6.05. The molecule has 0 fully saturated rings. The van der Waals surface area contributed by atoms with Crippen LogP contribution < -0.4 is 11.1 Å². The minimum Gasteiger partial charge on any atom is -0.396 e. The quantitative estimate of drug-likeness (QED) is 0.593. The van der Waals surface area contributed by atoms with Gasteiger partial charge in [0.25, 0.3) is 5.91 Å². The van der Waals surface area contributed by atoms with Crippen molar-refractivity contribution in [1.29, 1.82) is 0 Å². The van der Waals surface area contributed by atoms with Crippen LogP contribution in [0.25, 0.3) is 0 Å². The molecule has 0 aromatic carbocycles. The Morgan fingerprint density at radius 1 is 1.44 bits per heavy atom. The maximum Gasteiger partial charge on any atom is 0.277 e. The second-order valence-corrected chi connectivity index (χ2v) is 3.48. The van der Waals surface area contributed by atoms with Crippen LogP contribution in [0.15, 0.2) is 6.20 Å². The van der Waals surface area contributed by atoms with Crippen LogP contribution in [-0.2, 0) is 0 Å². The summed E-state index contributed by atoms with van der Waals surface area (Å²) in [6, 6.07) is 0. The van der Waals surface area contributed by atoms with E-state index < -0.39 is 0 Å². The average molecular weight is 220 g/mol. The second kappa shape index (κ2) is 3.69. The Bertz CT molecular complexity index is 526. The zero-order valence-electron chi connectivity index (χ0n) is 8.96. The summed E-state index contributed by atoms with van der Waals surface area (Å²) >= 11 is 0. The van der Waals surface area contributed by atoms with Crippen LogP contribution in [0.4, 0.5) is 11.5 Å². The van der Waals surface area contributed by atoms with Crippen molar-refractivity contribution in [3.05, 3.63) is 23.1 Å². The summed E-state index contributed by atoms with van der Waals surface area (Å²) in [7, 11) is 0. The number of aryl methyl sites for hydroxylation is 1. The third-order valence-corrected chi connectivity index (χ3v) is 2.38. The molecule has 0 spiro atoms. The van der Waals surface area contributed by atoms with Crippen molar-refractivity contribution in [3.63, 3.8) is 0 Å². The zero-order valence-corrected chi connectivity index (χ0v) is 8.96. The van der Waals surface area contributed by atoms with Crippen LogP contribution in [0, 0.1) is 13.8 Å². The summed E-state index contributed by atoms with van der Waals surface area (Å²) in [6.07, 6.45) is 1.39. The Balaban J connectivity index is 2.20. The monoisotopic (exact) mass is 220 g/mol. The van der Waals surface area contributed by atoms with Gasteiger partial charge in [-0.3, -0.25) is 15.0 Å². The van der Waals surface area contributed by atoms with Gasteiger partial charge in [0, 0.05) is 11.3 Å². The Morgan fingerprint density at radius 3 is 2.69 bits per heavy atom. The van der Waals surface area contributed by atoms with E-state index in [-0.39, 0.29) is 11.6 Å². The van der Waals surface area contributed by atoms with E-state index in [9.17, 15) is 4.79 Å². The van der Waals surface area contributed by atoms with E-state index in [1.54, 1.807) is 0 Å². The summed E-state index contributed by atoms with van der Waals surface area (Å²) in [4.78, 5) is 11.7. The molecule has 16 heavy (non-hydrogen) atoms. The number of carbonyl (C=O) groups excluding carboxylic acids is 1. The van der Waals surface area contributed by atoms with Crippen LogP contribution in [-0.4, -0.2) is 26.3 Å². The molecule has 0 radical (unpaired) electrons. The summed E-state index contributed by atoms with van der Waals surface area (Å²) in [5, 5.41) is 15.6. The second-order valence-electron chi connectivity index (χ2n) is 3.48. The van der Waals surface area contributed by atoms with E-state index in [1.807, 2.05) is 13.8 Å². The smallest absolute Gasteiger partial charge is 0.277 e. The lowest BCUT2D eigenvalue weighted by atomic mass is 10.2. The first-order valence-electron chi connectivity index (χ1n) is 4.71. The third-order valence-electron chi connectivity index (χ3n) is 2.38. The van der Waals surface area contributed by atoms with Crippen molar-refractivity contribution >= 4 is 17.4 Å². The van der Waals surface area contributed by atoms with Crippen molar-refractivity contribution in [2.24, 2.45) is 0 Å². The number of nitrogens with two attached hydrogens (primary N) is 1. The minimum absolute atomic E-state index is 0.236. The first-order valence-corrected chi connectivity index (χ1v) is 4.71. The van der Waals surface area contributed by atoms with Gasteiger partial charge in [0.05, 0.1) is 11.9 Å². The van der Waals surface area contributed by atoms with Gasteiger partial charge in [-0.2, -0.15) is 10.2 Å². The summed E-state index contributed by atoms with van der Waals surface area (Å²) in [5.41, 5.74) is 7.90. The molecule has 0 aliphatic heterocycles. The molecule has 0 saturated carbocycles. The minimum atomic E-state index is -0.357. The molecular weight excluding hydrogens is 208 g/mol. The van der Waals surface area contributed by atoms with E-state index in [2.05, 4.69) is 25.7 Å². The molecule has 7 heteroatoms. The van der Waals surface area contributed by atoms with Gasteiger partial charge in [-0.05, 0) is 13.8 Å². The summed E-state index contributed by atoms with van der Waals surface area (Å²) in [6.45, 7) is 3.74. The van der Waals surface area contributed by atoms with Crippen LogP contribution in [0.3, 0.4) is 0 Å². The van der Waals surface area contributed by atoms with Gasteiger partial charge in [-0.1, -0.05) is 0 Å². The van der Waals surface area contributed by atoms with Crippen molar-refractivity contribution < 1.29 is 4.79 Å². The highest BCUT2D eigenvalue weighted by atomic mass is 16.2. The number of carbonyl (C=O) groups is 1. The first kappa shape index (κ1) is 10.2. The molecule has 1 amide bonds. The lowest BCUT2D eigenvalue weighted by Crippen LogP contribution is -2.15. The zero-order chi connectivity index (χ0) is 11.7. The Labute approximate surface area is 91.4 Å². The van der Waals surface area contributed by atoms with Gasteiger partial charge in [0.1, 0.15) is 5.69 Å². The predicted octanol–water partition coefficient (Wildman–Crippen LogP) is 0.584. The van der Waals surface area contributed by atoms with E-state index >= 15 is 0 Å². The fraction of sp³-hybridized carbons (Fsp3) is 0.222. The first-order chi connectivity index (χ1) is 7.59. The molecule has 5 N–H and O–H groups in total. The Kier molecular flexibility index (Phi) is 2.35. The molecule has 0 aliphatic carbocycles. The number of aromatic amines is 2. The number of anilines is 2. The molecule has 0 saturated heterocycles. The number of nitrogens with one attached hydrogen (secondary N) is 3. The van der Waals surface area contributed by atoms with Gasteiger partial charge < -0.3 is 11.1 Å². The van der Waals surface area contributed by atoms with E-state index in [0.29, 0.717) is 11.5 Å². The number of hydrogen-bond donors (Lipinski definition) is 4. The van der Waals surface area contributed by atoms with E-state index in [1.165, 1.54) is 6.20 Å². The topological polar surface area (TPSA) is 112 Å². The largest absolute Gasteiger partial charge is 0.396 e. The molecule has 2 rings (SSSR count). The van der Waals surface area contributed by atoms with Crippen molar-refractivity contribution in [3.8, 4) is 0 Å². The fourth-order valence-electron chi connectivity index (χ4n) is 1.25. The molecule has 0 bridgehead atoms. The molecule has 2 aromatic rings. The highest BCUT2D eigenvalue weighted by Crippen LogP contribution is 2.15. The number of H-pyrrole nitrogens is 2. The van der Waals surface area contributed by atoms with Crippen molar-refractivity contribution in [2.45, 2.75) is 13.8 Å². The van der Waals surface area contributed by atoms with Gasteiger partial charge in [-0.15, -0.1) is 0 Å². The normalized spacial score (nSPS) is 10.4. The van der Waals surface area contributed by atoms with E-state index in [0.717, 1.165) is 11.3 Å². The lowest BCUT2D eigenvalue weighted by Gasteiger charge is -2.01. The maximum atomic E-state index is 11.7.